The number of benzene rings is 2. The summed E-state index contributed by atoms with van der Waals surface area (Å²) in [6.45, 7) is 7.65. The van der Waals surface area contributed by atoms with Crippen molar-refractivity contribution in [1.82, 2.24) is 0 Å². The minimum atomic E-state index is -0.672. The molecule has 0 aromatic heterocycles. The van der Waals surface area contributed by atoms with Gasteiger partial charge in [0.15, 0.2) is 6.10 Å². The maximum absolute atomic E-state index is 12.4. The second-order valence-corrected chi connectivity index (χ2v) is 6.16. The van der Waals surface area contributed by atoms with Crippen LogP contribution in [-0.2, 0) is 9.53 Å². The highest BCUT2D eigenvalue weighted by atomic mass is 16.5. The van der Waals surface area contributed by atoms with E-state index < -0.39 is 12.2 Å². The molecule has 0 heterocycles. The number of nitrogens with one attached hydrogen (secondary N) is 2. The van der Waals surface area contributed by atoms with Crippen molar-refractivity contribution in [2.75, 3.05) is 17.7 Å². The van der Waals surface area contributed by atoms with Crippen molar-refractivity contribution in [3.63, 3.8) is 0 Å². The van der Waals surface area contributed by atoms with Crippen molar-refractivity contribution in [2.24, 2.45) is 0 Å². The van der Waals surface area contributed by atoms with Gasteiger partial charge in [0.25, 0.3) is 5.91 Å². The van der Waals surface area contributed by atoms with Crippen molar-refractivity contribution in [3.05, 3.63) is 53.1 Å². The summed E-state index contributed by atoms with van der Waals surface area (Å²) in [5.74, 6) is 0.303. The Morgan fingerprint density at radius 3 is 2.08 bits per heavy atom. The number of methoxy groups -OCH3 is 1. The summed E-state index contributed by atoms with van der Waals surface area (Å²) < 4.78 is 10.2. The summed E-state index contributed by atoms with van der Waals surface area (Å²) in [4.78, 5) is 23.6. The number of aryl methyl sites for hydroxylation is 3. The first kappa shape index (κ1) is 19.3. The molecule has 1 atom stereocenters. The monoisotopic (exact) mass is 356 g/mol. The molecule has 0 radical (unpaired) electrons. The van der Waals surface area contributed by atoms with Crippen LogP contribution in [0.3, 0.4) is 0 Å². The molecule has 6 heteroatoms. The van der Waals surface area contributed by atoms with E-state index in [1.165, 1.54) is 7.11 Å². The highest BCUT2D eigenvalue weighted by Crippen LogP contribution is 2.23. The van der Waals surface area contributed by atoms with Crippen LogP contribution in [0.2, 0.25) is 0 Å². The van der Waals surface area contributed by atoms with Gasteiger partial charge in [-0.25, -0.2) is 4.79 Å². The van der Waals surface area contributed by atoms with E-state index in [2.05, 4.69) is 15.4 Å². The largest absolute Gasteiger partial charge is 0.481 e. The van der Waals surface area contributed by atoms with Gasteiger partial charge in [-0.3, -0.25) is 10.1 Å². The van der Waals surface area contributed by atoms with Gasteiger partial charge in [0.2, 0.25) is 0 Å². The van der Waals surface area contributed by atoms with Crippen LogP contribution < -0.4 is 15.4 Å². The number of hydrogen-bond donors (Lipinski definition) is 2. The Morgan fingerprint density at radius 1 is 0.962 bits per heavy atom. The lowest BCUT2D eigenvalue weighted by Crippen LogP contribution is -2.30. The van der Waals surface area contributed by atoms with Gasteiger partial charge in [0.05, 0.1) is 7.11 Å². The predicted molar refractivity (Wildman–Crippen MR) is 102 cm³/mol. The van der Waals surface area contributed by atoms with Gasteiger partial charge < -0.3 is 14.8 Å². The Bertz CT molecular complexity index is 777. The quantitative estimate of drug-likeness (QED) is 0.842. The summed E-state index contributed by atoms with van der Waals surface area (Å²) in [5, 5.41) is 5.48. The lowest BCUT2D eigenvalue weighted by molar-refractivity contribution is -0.122. The molecule has 2 N–H and O–H groups in total. The Labute approximate surface area is 153 Å². The molecule has 0 saturated carbocycles. The van der Waals surface area contributed by atoms with Crippen molar-refractivity contribution >= 4 is 23.4 Å². The maximum Gasteiger partial charge on any atom is 0.411 e. The van der Waals surface area contributed by atoms with E-state index in [9.17, 15) is 9.59 Å². The first-order valence-electron chi connectivity index (χ1n) is 8.30. The lowest BCUT2D eigenvalue weighted by Gasteiger charge is -2.18. The van der Waals surface area contributed by atoms with Gasteiger partial charge in [0, 0.05) is 11.4 Å². The smallest absolute Gasteiger partial charge is 0.411 e. The third-order valence-electron chi connectivity index (χ3n) is 3.89. The normalized spacial score (nSPS) is 11.4. The Balaban J connectivity index is 2.00. The van der Waals surface area contributed by atoms with Crippen LogP contribution in [0.25, 0.3) is 0 Å². The molecule has 0 aliphatic rings. The molecule has 0 bridgehead atoms. The fourth-order valence-electron chi connectivity index (χ4n) is 2.65. The van der Waals surface area contributed by atoms with Crippen LogP contribution in [0.4, 0.5) is 16.2 Å². The van der Waals surface area contributed by atoms with Gasteiger partial charge in [-0.1, -0.05) is 17.7 Å². The molecule has 6 nitrogen and oxygen atoms in total. The summed E-state index contributed by atoms with van der Waals surface area (Å²) in [5.41, 5.74) is 4.58. The standard InChI is InChI=1S/C20H24N2O4/c1-12-10-13(2)18(14(3)11-12)22-19(23)15(4)26-17-8-6-16(7-9-17)21-20(24)25-5/h6-11,15H,1-5H3,(H,21,24)(H,22,23). The fraction of sp³-hybridized carbons (Fsp3) is 0.300. The van der Waals surface area contributed by atoms with Gasteiger partial charge in [-0.15, -0.1) is 0 Å². The number of rotatable bonds is 5. The van der Waals surface area contributed by atoms with Gasteiger partial charge >= 0.3 is 6.09 Å². The van der Waals surface area contributed by atoms with E-state index >= 15 is 0 Å². The highest BCUT2D eigenvalue weighted by molar-refractivity contribution is 5.95. The average molecular weight is 356 g/mol. The first-order chi connectivity index (χ1) is 12.3. The molecule has 2 amide bonds. The van der Waals surface area contributed by atoms with Crippen LogP contribution in [0, 0.1) is 20.8 Å². The highest BCUT2D eigenvalue weighted by Gasteiger charge is 2.17. The second-order valence-electron chi connectivity index (χ2n) is 6.16. The fourth-order valence-corrected chi connectivity index (χ4v) is 2.65. The molecule has 0 spiro atoms. The lowest BCUT2D eigenvalue weighted by atomic mass is 10.0. The Hall–Kier alpha value is -3.02. The van der Waals surface area contributed by atoms with E-state index in [0.717, 1.165) is 22.4 Å². The molecule has 138 valence electrons. The summed E-state index contributed by atoms with van der Waals surface area (Å²) in [6.07, 6.45) is -1.22. The molecular weight excluding hydrogens is 332 g/mol. The number of ether oxygens (including phenoxy) is 2. The summed E-state index contributed by atoms with van der Waals surface area (Å²) >= 11 is 0. The van der Waals surface area contributed by atoms with Crippen LogP contribution in [0.15, 0.2) is 36.4 Å². The Kier molecular flexibility index (Phi) is 6.22. The molecular formula is C20H24N2O4. The average Bonchev–Trinajstić information content (AvgIpc) is 2.59. The van der Waals surface area contributed by atoms with Crippen molar-refractivity contribution in [2.45, 2.75) is 33.8 Å². The molecule has 2 aromatic carbocycles. The van der Waals surface area contributed by atoms with Crippen LogP contribution in [0.5, 0.6) is 5.75 Å². The SMILES string of the molecule is COC(=O)Nc1ccc(OC(C)C(=O)Nc2c(C)cc(C)cc2C)cc1. The minimum absolute atomic E-state index is 0.225. The molecule has 0 aliphatic heterocycles. The molecule has 0 saturated heterocycles. The van der Waals surface area contributed by atoms with Crippen LogP contribution >= 0.6 is 0 Å². The zero-order chi connectivity index (χ0) is 19.3. The van der Waals surface area contributed by atoms with Gasteiger partial charge in [-0.2, -0.15) is 0 Å². The van der Waals surface area contributed by atoms with E-state index in [-0.39, 0.29) is 5.91 Å². The van der Waals surface area contributed by atoms with Crippen LogP contribution in [0.1, 0.15) is 23.6 Å². The molecule has 2 aromatic rings. The van der Waals surface area contributed by atoms with Gasteiger partial charge in [-0.05, 0) is 63.1 Å². The number of amides is 2. The zero-order valence-electron chi connectivity index (χ0n) is 15.7. The summed E-state index contributed by atoms with van der Waals surface area (Å²) in [7, 11) is 1.30. The molecule has 1 unspecified atom stereocenters. The van der Waals surface area contributed by atoms with Crippen molar-refractivity contribution in [3.8, 4) is 5.75 Å². The van der Waals surface area contributed by atoms with Gasteiger partial charge in [0.1, 0.15) is 5.75 Å². The van der Waals surface area contributed by atoms with Crippen LogP contribution in [-0.4, -0.2) is 25.2 Å². The van der Waals surface area contributed by atoms with E-state index in [1.807, 2.05) is 32.9 Å². The second kappa shape index (κ2) is 8.38. The number of carbonyl (C=O) groups is 2. The van der Waals surface area contributed by atoms with E-state index in [0.29, 0.717) is 11.4 Å². The summed E-state index contributed by atoms with van der Waals surface area (Å²) in [6, 6.07) is 10.8. The molecule has 2 rings (SSSR count). The molecule has 26 heavy (non-hydrogen) atoms. The Morgan fingerprint density at radius 2 is 1.54 bits per heavy atom. The number of anilines is 2. The maximum atomic E-state index is 12.4. The molecule has 0 fully saturated rings. The number of hydrogen-bond acceptors (Lipinski definition) is 4. The van der Waals surface area contributed by atoms with Crippen molar-refractivity contribution < 1.29 is 19.1 Å². The third-order valence-corrected chi connectivity index (χ3v) is 3.89. The van der Waals surface area contributed by atoms with E-state index in [1.54, 1.807) is 31.2 Å². The van der Waals surface area contributed by atoms with Crippen molar-refractivity contribution in [1.29, 1.82) is 0 Å². The zero-order valence-corrected chi connectivity index (χ0v) is 15.7. The molecule has 0 aliphatic carbocycles. The first-order valence-corrected chi connectivity index (χ1v) is 8.30. The minimum Gasteiger partial charge on any atom is -0.481 e. The number of carbonyl (C=O) groups excluding carboxylic acids is 2. The topological polar surface area (TPSA) is 76.7 Å². The third kappa shape index (κ3) is 4.99. The van der Waals surface area contributed by atoms with E-state index in [4.69, 9.17) is 4.74 Å². The predicted octanol–water partition coefficient (Wildman–Crippen LogP) is 4.20.